The second kappa shape index (κ2) is 7.49. The minimum Gasteiger partial charge on any atom is -0.488 e. The van der Waals surface area contributed by atoms with Crippen LogP contribution in [0, 0.1) is 11.8 Å². The summed E-state index contributed by atoms with van der Waals surface area (Å²) in [6.07, 6.45) is 3.21. The predicted molar refractivity (Wildman–Crippen MR) is 83.2 cm³/mol. The molecule has 0 bridgehead atoms. The molecular weight excluding hydrogens is 264 g/mol. The number of benzene rings is 1. The van der Waals surface area contributed by atoms with Gasteiger partial charge in [-0.05, 0) is 64.3 Å². The Bertz CT molecular complexity index is 482. The lowest BCUT2D eigenvalue weighted by Crippen LogP contribution is -2.22. The Morgan fingerprint density at radius 3 is 2.57 bits per heavy atom. The van der Waals surface area contributed by atoms with E-state index in [4.69, 9.17) is 14.2 Å². The van der Waals surface area contributed by atoms with Gasteiger partial charge in [0.05, 0.1) is 0 Å². The first-order valence-electron chi connectivity index (χ1n) is 7.54. The Kier molecular flexibility index (Phi) is 5.67. The fourth-order valence-electron chi connectivity index (χ4n) is 2.08. The molecule has 3 heteroatoms. The maximum absolute atomic E-state index is 5.77. The molecule has 1 fully saturated rings. The van der Waals surface area contributed by atoms with E-state index in [2.05, 4.69) is 11.8 Å². The minimum atomic E-state index is -0.180. The maximum atomic E-state index is 5.77. The summed E-state index contributed by atoms with van der Waals surface area (Å²) >= 11 is 0. The molecule has 2 rings (SSSR count). The number of rotatable bonds is 3. The molecule has 1 aromatic carbocycles. The molecule has 21 heavy (non-hydrogen) atoms. The number of hydrogen-bond donors (Lipinski definition) is 0. The van der Waals surface area contributed by atoms with E-state index in [0.717, 1.165) is 30.8 Å². The van der Waals surface area contributed by atoms with Crippen LogP contribution in [0.15, 0.2) is 24.3 Å². The fourth-order valence-corrected chi connectivity index (χ4v) is 2.08. The van der Waals surface area contributed by atoms with Gasteiger partial charge in [0.25, 0.3) is 0 Å². The van der Waals surface area contributed by atoms with Crippen molar-refractivity contribution in [1.29, 1.82) is 0 Å². The molecule has 0 amide bonds. The standard InChI is InChI=1S/C18H24O3/c1-18(2,3)21-16-11-9-15(10-12-16)7-6-14-20-17-8-4-5-13-19-17/h9-12,17H,4-5,8,13-14H2,1-3H3. The van der Waals surface area contributed by atoms with Crippen molar-refractivity contribution in [1.82, 2.24) is 0 Å². The van der Waals surface area contributed by atoms with Crippen molar-refractivity contribution in [3.8, 4) is 17.6 Å². The highest BCUT2D eigenvalue weighted by molar-refractivity contribution is 5.38. The van der Waals surface area contributed by atoms with Crippen LogP contribution in [0.1, 0.15) is 45.6 Å². The average molecular weight is 288 g/mol. The zero-order valence-electron chi connectivity index (χ0n) is 13.1. The van der Waals surface area contributed by atoms with E-state index >= 15 is 0 Å². The van der Waals surface area contributed by atoms with Gasteiger partial charge in [0.1, 0.15) is 18.0 Å². The smallest absolute Gasteiger partial charge is 0.158 e. The molecule has 1 aliphatic rings. The van der Waals surface area contributed by atoms with Crippen LogP contribution in [0.2, 0.25) is 0 Å². The van der Waals surface area contributed by atoms with Crippen molar-refractivity contribution in [3.05, 3.63) is 29.8 Å². The molecule has 0 N–H and O–H groups in total. The maximum Gasteiger partial charge on any atom is 0.158 e. The van der Waals surface area contributed by atoms with E-state index in [1.54, 1.807) is 0 Å². The Morgan fingerprint density at radius 1 is 1.19 bits per heavy atom. The summed E-state index contributed by atoms with van der Waals surface area (Å²) < 4.78 is 16.8. The number of ether oxygens (including phenoxy) is 3. The van der Waals surface area contributed by atoms with Gasteiger partial charge in [-0.3, -0.25) is 0 Å². The highest BCUT2D eigenvalue weighted by Gasteiger charge is 2.13. The summed E-state index contributed by atoms with van der Waals surface area (Å²) in [5.41, 5.74) is 0.783. The Labute approximate surface area is 127 Å². The number of hydrogen-bond acceptors (Lipinski definition) is 3. The summed E-state index contributed by atoms with van der Waals surface area (Å²) in [5.74, 6) is 6.97. The van der Waals surface area contributed by atoms with Crippen LogP contribution in [-0.4, -0.2) is 25.1 Å². The second-order valence-electron chi connectivity index (χ2n) is 6.15. The predicted octanol–water partition coefficient (Wildman–Crippen LogP) is 3.76. The van der Waals surface area contributed by atoms with Gasteiger partial charge in [0.15, 0.2) is 6.29 Å². The van der Waals surface area contributed by atoms with Crippen molar-refractivity contribution in [2.45, 2.75) is 51.9 Å². The van der Waals surface area contributed by atoms with Crippen molar-refractivity contribution in [3.63, 3.8) is 0 Å². The Morgan fingerprint density at radius 2 is 1.95 bits per heavy atom. The molecule has 0 aromatic heterocycles. The molecule has 1 saturated heterocycles. The van der Waals surface area contributed by atoms with Gasteiger partial charge in [0, 0.05) is 12.2 Å². The van der Waals surface area contributed by atoms with Gasteiger partial charge >= 0.3 is 0 Å². The van der Waals surface area contributed by atoms with Crippen LogP contribution >= 0.6 is 0 Å². The lowest BCUT2D eigenvalue weighted by Gasteiger charge is -2.21. The Balaban J connectivity index is 1.79. The molecule has 114 valence electrons. The largest absolute Gasteiger partial charge is 0.488 e. The quantitative estimate of drug-likeness (QED) is 0.793. The van der Waals surface area contributed by atoms with Crippen LogP contribution in [0.5, 0.6) is 5.75 Å². The van der Waals surface area contributed by atoms with Gasteiger partial charge in [-0.1, -0.05) is 11.8 Å². The lowest BCUT2D eigenvalue weighted by molar-refractivity contribution is -0.154. The third-order valence-corrected chi connectivity index (χ3v) is 2.99. The highest BCUT2D eigenvalue weighted by Crippen LogP contribution is 2.18. The molecule has 3 nitrogen and oxygen atoms in total. The third kappa shape index (κ3) is 6.20. The highest BCUT2D eigenvalue weighted by atomic mass is 16.7. The summed E-state index contributed by atoms with van der Waals surface area (Å²) in [5, 5.41) is 0. The SMILES string of the molecule is CC(C)(C)Oc1ccc(C#CCOC2CCCCO2)cc1. The molecule has 1 unspecified atom stereocenters. The molecule has 1 atom stereocenters. The van der Waals surface area contributed by atoms with E-state index in [1.165, 1.54) is 6.42 Å². The van der Waals surface area contributed by atoms with Crippen LogP contribution in [-0.2, 0) is 9.47 Å². The summed E-state index contributed by atoms with van der Waals surface area (Å²) in [6.45, 7) is 7.31. The summed E-state index contributed by atoms with van der Waals surface area (Å²) in [6, 6.07) is 7.82. The Hall–Kier alpha value is -1.50. The molecule has 0 radical (unpaired) electrons. The van der Waals surface area contributed by atoms with Crippen LogP contribution in [0.4, 0.5) is 0 Å². The van der Waals surface area contributed by atoms with Gasteiger partial charge < -0.3 is 14.2 Å². The van der Waals surface area contributed by atoms with Gasteiger partial charge in [-0.2, -0.15) is 0 Å². The average Bonchev–Trinajstić information content (AvgIpc) is 2.45. The van der Waals surface area contributed by atoms with E-state index in [9.17, 15) is 0 Å². The molecule has 1 heterocycles. The topological polar surface area (TPSA) is 27.7 Å². The van der Waals surface area contributed by atoms with Crippen LogP contribution in [0.25, 0.3) is 0 Å². The minimum absolute atomic E-state index is 0.0735. The fraction of sp³-hybridized carbons (Fsp3) is 0.556. The zero-order chi connectivity index (χ0) is 15.1. The molecule has 0 aliphatic carbocycles. The van der Waals surface area contributed by atoms with Crippen molar-refractivity contribution in [2.75, 3.05) is 13.2 Å². The van der Waals surface area contributed by atoms with E-state index in [-0.39, 0.29) is 11.9 Å². The van der Waals surface area contributed by atoms with Crippen molar-refractivity contribution in [2.24, 2.45) is 0 Å². The lowest BCUT2D eigenvalue weighted by atomic mass is 10.2. The van der Waals surface area contributed by atoms with Crippen LogP contribution < -0.4 is 4.74 Å². The van der Waals surface area contributed by atoms with Crippen LogP contribution in [0.3, 0.4) is 0 Å². The van der Waals surface area contributed by atoms with Crippen molar-refractivity contribution >= 4 is 0 Å². The molecular formula is C18H24O3. The monoisotopic (exact) mass is 288 g/mol. The molecule has 1 aromatic rings. The third-order valence-electron chi connectivity index (χ3n) is 2.99. The zero-order valence-corrected chi connectivity index (χ0v) is 13.1. The summed E-state index contributed by atoms with van der Waals surface area (Å²) in [4.78, 5) is 0. The van der Waals surface area contributed by atoms with Gasteiger partial charge in [0.2, 0.25) is 0 Å². The normalized spacial score (nSPS) is 18.7. The van der Waals surface area contributed by atoms with E-state index in [0.29, 0.717) is 6.61 Å². The van der Waals surface area contributed by atoms with E-state index in [1.807, 2.05) is 45.0 Å². The summed E-state index contributed by atoms with van der Waals surface area (Å²) in [7, 11) is 0. The first-order valence-corrected chi connectivity index (χ1v) is 7.54. The van der Waals surface area contributed by atoms with Gasteiger partial charge in [-0.25, -0.2) is 0 Å². The first kappa shape index (κ1) is 15.9. The molecule has 0 spiro atoms. The second-order valence-corrected chi connectivity index (χ2v) is 6.15. The first-order chi connectivity index (χ1) is 10.0. The molecule has 0 saturated carbocycles. The van der Waals surface area contributed by atoms with E-state index < -0.39 is 0 Å². The van der Waals surface area contributed by atoms with Gasteiger partial charge in [-0.15, -0.1) is 0 Å². The van der Waals surface area contributed by atoms with Crippen molar-refractivity contribution < 1.29 is 14.2 Å². The molecule has 1 aliphatic heterocycles.